The topological polar surface area (TPSA) is 55.8 Å². The summed E-state index contributed by atoms with van der Waals surface area (Å²) in [6.07, 6.45) is -0.494. The van der Waals surface area contributed by atoms with E-state index in [9.17, 15) is 14.0 Å². The van der Waals surface area contributed by atoms with Crippen molar-refractivity contribution in [3.8, 4) is 0 Å². The zero-order valence-electron chi connectivity index (χ0n) is 17.7. The van der Waals surface area contributed by atoms with Gasteiger partial charge in [0.05, 0.1) is 19.8 Å². The summed E-state index contributed by atoms with van der Waals surface area (Å²) < 4.78 is 24.4. The number of ether oxygens (including phenoxy) is 2. The lowest BCUT2D eigenvalue weighted by atomic mass is 9.87. The molecule has 0 spiro atoms. The highest BCUT2D eigenvalue weighted by Gasteiger charge is 2.53. The Kier molecular flexibility index (Phi) is 6.61. The molecule has 1 heterocycles. The van der Waals surface area contributed by atoms with Crippen molar-refractivity contribution >= 4 is 11.9 Å². The van der Waals surface area contributed by atoms with Gasteiger partial charge in [0.1, 0.15) is 11.9 Å². The number of halogens is 1. The van der Waals surface area contributed by atoms with Crippen molar-refractivity contribution in [3.63, 3.8) is 0 Å². The third-order valence-corrected chi connectivity index (χ3v) is 5.65. The van der Waals surface area contributed by atoms with Crippen molar-refractivity contribution in [2.75, 3.05) is 7.11 Å². The predicted molar refractivity (Wildman–Crippen MR) is 117 cm³/mol. The third kappa shape index (κ3) is 4.55. The molecule has 0 radical (unpaired) electrons. The fourth-order valence-corrected chi connectivity index (χ4v) is 4.01. The molecule has 4 rings (SSSR count). The van der Waals surface area contributed by atoms with Crippen molar-refractivity contribution in [2.45, 2.75) is 31.2 Å². The van der Waals surface area contributed by atoms with Crippen molar-refractivity contribution in [3.05, 3.63) is 107 Å². The smallest absolute Gasteiger partial charge is 0.328 e. The van der Waals surface area contributed by atoms with Crippen LogP contribution in [-0.2, 0) is 32.1 Å². The molecule has 0 N–H and O–H groups in total. The summed E-state index contributed by atoms with van der Waals surface area (Å²) >= 11 is 0. The SMILES string of the molecule is COC(=O)C(Cc1ccc(F)cc1)N1C(=O)[C@@H](OCc2ccccc2)[C@H]1c1ccccc1. The van der Waals surface area contributed by atoms with Crippen molar-refractivity contribution in [2.24, 2.45) is 0 Å². The van der Waals surface area contributed by atoms with Crippen LogP contribution in [0.5, 0.6) is 0 Å². The maximum Gasteiger partial charge on any atom is 0.328 e. The Balaban J connectivity index is 1.61. The lowest BCUT2D eigenvalue weighted by Gasteiger charge is -2.49. The van der Waals surface area contributed by atoms with E-state index in [4.69, 9.17) is 9.47 Å². The van der Waals surface area contributed by atoms with Crippen LogP contribution in [0.1, 0.15) is 22.7 Å². The fraction of sp³-hybridized carbons (Fsp3) is 0.231. The molecule has 1 fully saturated rings. The monoisotopic (exact) mass is 433 g/mol. The molecule has 3 atom stereocenters. The largest absolute Gasteiger partial charge is 0.467 e. The lowest BCUT2D eigenvalue weighted by Crippen LogP contribution is -2.65. The highest BCUT2D eigenvalue weighted by molar-refractivity contribution is 5.93. The molecular formula is C26H24FNO4. The molecule has 1 aliphatic heterocycles. The van der Waals surface area contributed by atoms with Gasteiger partial charge in [0.25, 0.3) is 5.91 Å². The number of carbonyl (C=O) groups excluding carboxylic acids is 2. The summed E-state index contributed by atoms with van der Waals surface area (Å²) in [5.74, 6) is -1.16. The number of nitrogens with zero attached hydrogens (tertiary/aromatic N) is 1. The predicted octanol–water partition coefficient (Wildman–Crippen LogP) is 4.08. The van der Waals surface area contributed by atoms with Gasteiger partial charge in [0.15, 0.2) is 6.10 Å². The first-order chi connectivity index (χ1) is 15.6. The molecule has 32 heavy (non-hydrogen) atoms. The van der Waals surface area contributed by atoms with Crippen molar-refractivity contribution in [1.82, 2.24) is 4.90 Å². The van der Waals surface area contributed by atoms with E-state index in [1.54, 1.807) is 12.1 Å². The van der Waals surface area contributed by atoms with Crippen LogP contribution >= 0.6 is 0 Å². The molecule has 3 aromatic carbocycles. The van der Waals surface area contributed by atoms with Gasteiger partial charge in [-0.1, -0.05) is 72.8 Å². The minimum Gasteiger partial charge on any atom is -0.467 e. The van der Waals surface area contributed by atoms with Gasteiger partial charge < -0.3 is 14.4 Å². The van der Waals surface area contributed by atoms with Gasteiger partial charge in [-0.2, -0.15) is 0 Å². The summed E-state index contributed by atoms with van der Waals surface area (Å²) in [6, 6.07) is 23.7. The van der Waals surface area contributed by atoms with E-state index >= 15 is 0 Å². The number of amides is 1. The molecule has 5 nitrogen and oxygen atoms in total. The van der Waals surface area contributed by atoms with Crippen LogP contribution in [0, 0.1) is 5.82 Å². The zero-order chi connectivity index (χ0) is 22.5. The van der Waals surface area contributed by atoms with Gasteiger partial charge >= 0.3 is 5.97 Å². The lowest BCUT2D eigenvalue weighted by molar-refractivity contribution is -0.188. The number of β-lactam (4-membered cyclic amide) rings is 1. The number of benzene rings is 3. The Morgan fingerprint density at radius 1 is 0.938 bits per heavy atom. The molecule has 0 saturated carbocycles. The van der Waals surface area contributed by atoms with Crippen LogP contribution in [0.3, 0.4) is 0 Å². The van der Waals surface area contributed by atoms with E-state index in [0.717, 1.165) is 16.7 Å². The van der Waals surface area contributed by atoms with E-state index in [0.29, 0.717) is 0 Å². The van der Waals surface area contributed by atoms with Crippen LogP contribution in [0.25, 0.3) is 0 Å². The molecule has 1 aliphatic rings. The number of carbonyl (C=O) groups is 2. The summed E-state index contributed by atoms with van der Waals surface area (Å²) in [6.45, 7) is 0.287. The Labute approximate surface area is 186 Å². The van der Waals surface area contributed by atoms with Crippen LogP contribution in [0.15, 0.2) is 84.9 Å². The number of hydrogen-bond acceptors (Lipinski definition) is 4. The molecule has 164 valence electrons. The molecular weight excluding hydrogens is 409 g/mol. The molecule has 1 saturated heterocycles. The third-order valence-electron chi connectivity index (χ3n) is 5.65. The second-order valence-corrected chi connectivity index (χ2v) is 7.69. The number of esters is 1. The van der Waals surface area contributed by atoms with Gasteiger partial charge in [-0.25, -0.2) is 9.18 Å². The Bertz CT molecular complexity index is 1060. The Hall–Kier alpha value is -3.51. The number of hydrogen-bond donors (Lipinski definition) is 0. The molecule has 1 unspecified atom stereocenters. The fourth-order valence-electron chi connectivity index (χ4n) is 4.01. The maximum absolute atomic E-state index is 13.3. The van der Waals surface area contributed by atoms with E-state index in [1.807, 2.05) is 60.7 Å². The van der Waals surface area contributed by atoms with Crippen LogP contribution in [-0.4, -0.2) is 36.0 Å². The van der Waals surface area contributed by atoms with Gasteiger partial charge in [0, 0.05) is 6.42 Å². The Morgan fingerprint density at radius 2 is 1.56 bits per heavy atom. The van der Waals surface area contributed by atoms with Crippen LogP contribution in [0.2, 0.25) is 0 Å². The number of likely N-dealkylation sites (tertiary alicyclic amines) is 1. The molecule has 6 heteroatoms. The summed E-state index contributed by atoms with van der Waals surface area (Å²) in [5, 5.41) is 0. The summed E-state index contributed by atoms with van der Waals surface area (Å²) in [7, 11) is 1.30. The zero-order valence-corrected chi connectivity index (χ0v) is 17.7. The first-order valence-corrected chi connectivity index (χ1v) is 10.4. The number of methoxy groups -OCH3 is 1. The summed E-state index contributed by atoms with van der Waals surface area (Å²) in [5.41, 5.74) is 2.56. The normalized spacial score (nSPS) is 18.7. The maximum atomic E-state index is 13.3. The average Bonchev–Trinajstić information content (AvgIpc) is 2.83. The van der Waals surface area contributed by atoms with Crippen molar-refractivity contribution in [1.29, 1.82) is 0 Å². The quantitative estimate of drug-likeness (QED) is 0.397. The standard InChI is InChI=1S/C26H24FNO4/c1-31-26(30)22(16-18-12-14-21(27)15-13-18)28-23(20-10-6-3-7-11-20)24(25(28)29)32-17-19-8-4-2-5-9-19/h2-15,22-24H,16-17H2,1H3/t22?,23-,24+/m1/s1. The van der Waals surface area contributed by atoms with E-state index < -0.39 is 24.2 Å². The van der Waals surface area contributed by atoms with Gasteiger partial charge in [-0.05, 0) is 28.8 Å². The van der Waals surface area contributed by atoms with Crippen LogP contribution < -0.4 is 0 Å². The van der Waals surface area contributed by atoms with Gasteiger partial charge in [0.2, 0.25) is 0 Å². The highest BCUT2D eigenvalue weighted by Crippen LogP contribution is 2.40. The average molecular weight is 433 g/mol. The molecule has 1 amide bonds. The highest BCUT2D eigenvalue weighted by atomic mass is 19.1. The van der Waals surface area contributed by atoms with E-state index in [1.165, 1.54) is 24.1 Å². The molecule has 0 aromatic heterocycles. The summed E-state index contributed by atoms with van der Waals surface area (Å²) in [4.78, 5) is 27.4. The second kappa shape index (κ2) is 9.75. The van der Waals surface area contributed by atoms with E-state index in [2.05, 4.69) is 0 Å². The van der Waals surface area contributed by atoms with Crippen molar-refractivity contribution < 1.29 is 23.5 Å². The minimum absolute atomic E-state index is 0.216. The van der Waals surface area contributed by atoms with Gasteiger partial charge in [-0.3, -0.25) is 4.79 Å². The van der Waals surface area contributed by atoms with Crippen LogP contribution in [0.4, 0.5) is 4.39 Å². The number of rotatable bonds is 8. The molecule has 0 aliphatic carbocycles. The second-order valence-electron chi connectivity index (χ2n) is 7.69. The minimum atomic E-state index is -0.847. The first-order valence-electron chi connectivity index (χ1n) is 10.4. The first kappa shape index (κ1) is 21.7. The Morgan fingerprint density at radius 3 is 2.19 bits per heavy atom. The molecule has 3 aromatic rings. The van der Waals surface area contributed by atoms with E-state index in [-0.39, 0.29) is 24.8 Å². The molecule has 0 bridgehead atoms. The van der Waals surface area contributed by atoms with Gasteiger partial charge in [-0.15, -0.1) is 0 Å².